The third-order valence-corrected chi connectivity index (χ3v) is 5.24. The highest BCUT2D eigenvalue weighted by atomic mass is 16.6. The number of ether oxygens (including phenoxy) is 3. The lowest BCUT2D eigenvalue weighted by Crippen LogP contribution is -2.37. The molecule has 2 aromatic rings. The van der Waals surface area contributed by atoms with E-state index in [2.05, 4.69) is 16.5 Å². The minimum atomic E-state index is -0.250. The average molecular weight is 390 g/mol. The molecule has 0 atom stereocenters. The lowest BCUT2D eigenvalue weighted by atomic mass is 9.81. The molecule has 0 bridgehead atoms. The Kier molecular flexibility index (Phi) is 6.53. The highest BCUT2D eigenvalue weighted by Crippen LogP contribution is 2.38. The molecule has 152 valence electrons. The first kappa shape index (κ1) is 20.2. The standard InChI is InChI=1S/C19H24N2O4.CH2O2/c1-14-10-16-17(25-9-8-24-16)11-15(14)18-20-4-5-21(18)12-19(13-22)2-6-23-7-3-19;2-1-3/h4-5,10-11,22H,2-3,6-9,12-13H2,1H3;1H,(H,2,3). The molecular weight excluding hydrogens is 364 g/mol. The summed E-state index contributed by atoms with van der Waals surface area (Å²) in [5.41, 5.74) is 1.99. The van der Waals surface area contributed by atoms with E-state index >= 15 is 0 Å². The summed E-state index contributed by atoms with van der Waals surface area (Å²) in [6.07, 6.45) is 5.52. The molecule has 0 radical (unpaired) electrons. The smallest absolute Gasteiger partial charge is 0.290 e. The van der Waals surface area contributed by atoms with Gasteiger partial charge in [-0.05, 0) is 37.5 Å². The number of aryl methyl sites for hydroxylation is 1. The molecule has 0 spiro atoms. The molecular formula is C20H26N2O6. The molecule has 3 heterocycles. The van der Waals surface area contributed by atoms with Crippen LogP contribution in [0.25, 0.3) is 11.4 Å². The molecule has 4 rings (SSSR count). The van der Waals surface area contributed by atoms with Crippen LogP contribution >= 0.6 is 0 Å². The van der Waals surface area contributed by atoms with Gasteiger partial charge in [0.05, 0.1) is 6.61 Å². The zero-order chi connectivity index (χ0) is 20.0. The average Bonchev–Trinajstić information content (AvgIpc) is 3.16. The highest BCUT2D eigenvalue weighted by molar-refractivity contribution is 5.66. The largest absolute Gasteiger partial charge is 0.486 e. The molecule has 8 nitrogen and oxygen atoms in total. The number of hydrogen-bond donors (Lipinski definition) is 2. The number of nitrogens with zero attached hydrogens (tertiary/aromatic N) is 2. The van der Waals surface area contributed by atoms with Gasteiger partial charge in [-0.25, -0.2) is 4.98 Å². The van der Waals surface area contributed by atoms with E-state index in [1.54, 1.807) is 0 Å². The van der Waals surface area contributed by atoms with Gasteiger partial charge < -0.3 is 29.0 Å². The summed E-state index contributed by atoms with van der Waals surface area (Å²) in [4.78, 5) is 12.9. The second-order valence-corrected chi connectivity index (χ2v) is 7.07. The van der Waals surface area contributed by atoms with E-state index in [0.717, 1.165) is 47.8 Å². The van der Waals surface area contributed by atoms with E-state index in [-0.39, 0.29) is 18.5 Å². The Morgan fingerprint density at radius 3 is 2.46 bits per heavy atom. The van der Waals surface area contributed by atoms with E-state index in [4.69, 9.17) is 24.1 Å². The summed E-state index contributed by atoms with van der Waals surface area (Å²) in [6, 6.07) is 4.03. The second-order valence-electron chi connectivity index (χ2n) is 7.07. The van der Waals surface area contributed by atoms with Crippen LogP contribution in [0.4, 0.5) is 0 Å². The summed E-state index contributed by atoms with van der Waals surface area (Å²) in [5, 5.41) is 16.9. The molecule has 0 saturated carbocycles. The van der Waals surface area contributed by atoms with Crippen LogP contribution < -0.4 is 9.47 Å². The van der Waals surface area contributed by atoms with Crippen LogP contribution in [-0.4, -0.2) is 59.3 Å². The summed E-state index contributed by atoms with van der Waals surface area (Å²) in [7, 11) is 0. The highest BCUT2D eigenvalue weighted by Gasteiger charge is 2.33. The van der Waals surface area contributed by atoms with Gasteiger partial charge in [-0.3, -0.25) is 4.79 Å². The molecule has 28 heavy (non-hydrogen) atoms. The third-order valence-electron chi connectivity index (χ3n) is 5.24. The topological polar surface area (TPSA) is 103 Å². The number of aliphatic hydroxyl groups excluding tert-OH is 1. The van der Waals surface area contributed by atoms with Gasteiger partial charge in [-0.2, -0.15) is 0 Å². The van der Waals surface area contributed by atoms with Gasteiger partial charge in [0, 0.05) is 43.1 Å². The van der Waals surface area contributed by atoms with E-state index in [1.807, 2.05) is 24.5 Å². The molecule has 0 aliphatic carbocycles. The van der Waals surface area contributed by atoms with E-state index < -0.39 is 0 Å². The summed E-state index contributed by atoms with van der Waals surface area (Å²) in [6.45, 7) is 5.26. The van der Waals surface area contributed by atoms with Gasteiger partial charge in [0.1, 0.15) is 19.0 Å². The Hall–Kier alpha value is -2.58. The fourth-order valence-corrected chi connectivity index (χ4v) is 3.64. The van der Waals surface area contributed by atoms with Gasteiger partial charge >= 0.3 is 0 Å². The van der Waals surface area contributed by atoms with Crippen molar-refractivity contribution < 1.29 is 29.2 Å². The number of fused-ring (bicyclic) bond motifs is 1. The van der Waals surface area contributed by atoms with Gasteiger partial charge in [0.15, 0.2) is 11.5 Å². The van der Waals surface area contributed by atoms with Crippen molar-refractivity contribution in [3.05, 3.63) is 30.1 Å². The summed E-state index contributed by atoms with van der Waals surface area (Å²) in [5.74, 6) is 2.46. The van der Waals surface area contributed by atoms with Crippen molar-refractivity contribution in [2.24, 2.45) is 5.41 Å². The van der Waals surface area contributed by atoms with Crippen molar-refractivity contribution in [3.8, 4) is 22.9 Å². The minimum Gasteiger partial charge on any atom is -0.486 e. The quantitative estimate of drug-likeness (QED) is 0.771. The molecule has 0 amide bonds. The summed E-state index contributed by atoms with van der Waals surface area (Å²) < 4.78 is 19.0. The van der Waals surface area contributed by atoms with Crippen LogP contribution in [0, 0.1) is 12.3 Å². The molecule has 1 aromatic carbocycles. The van der Waals surface area contributed by atoms with E-state index in [9.17, 15) is 5.11 Å². The van der Waals surface area contributed by atoms with Crippen molar-refractivity contribution in [1.29, 1.82) is 0 Å². The SMILES string of the molecule is Cc1cc2c(cc1-c1nccn1CC1(CO)CCOCC1)OCCO2.O=CO. The van der Waals surface area contributed by atoms with Crippen molar-refractivity contribution in [3.63, 3.8) is 0 Å². The fraction of sp³-hybridized carbons (Fsp3) is 0.500. The molecule has 2 aliphatic heterocycles. The molecule has 2 N–H and O–H groups in total. The molecule has 1 aromatic heterocycles. The zero-order valence-corrected chi connectivity index (χ0v) is 16.0. The maximum atomic E-state index is 9.99. The van der Waals surface area contributed by atoms with Crippen LogP contribution in [0.3, 0.4) is 0 Å². The Balaban J connectivity index is 0.000000706. The number of imidazole rings is 1. The normalized spacial score (nSPS) is 17.4. The van der Waals surface area contributed by atoms with Crippen molar-refractivity contribution in [1.82, 2.24) is 9.55 Å². The first-order valence-electron chi connectivity index (χ1n) is 9.31. The predicted octanol–water partition coefficient (Wildman–Crippen LogP) is 2.12. The lowest BCUT2D eigenvalue weighted by molar-refractivity contribution is -0.122. The number of benzene rings is 1. The number of hydrogen-bond acceptors (Lipinski definition) is 6. The fourth-order valence-electron chi connectivity index (χ4n) is 3.64. The minimum absolute atomic E-state index is 0.143. The second kappa shape index (κ2) is 9.07. The molecule has 8 heteroatoms. The Bertz CT molecular complexity index is 798. The molecule has 1 saturated heterocycles. The van der Waals surface area contributed by atoms with Gasteiger partial charge in [0.25, 0.3) is 6.47 Å². The summed E-state index contributed by atoms with van der Waals surface area (Å²) >= 11 is 0. The first-order chi connectivity index (χ1) is 13.6. The van der Waals surface area contributed by atoms with Crippen molar-refractivity contribution in [2.45, 2.75) is 26.3 Å². The number of aromatic nitrogens is 2. The van der Waals surface area contributed by atoms with Crippen LogP contribution in [-0.2, 0) is 16.1 Å². The zero-order valence-electron chi connectivity index (χ0n) is 16.0. The molecule has 1 fully saturated rings. The van der Waals surface area contributed by atoms with Gasteiger partial charge in [-0.1, -0.05) is 0 Å². The lowest BCUT2D eigenvalue weighted by Gasteiger charge is -2.36. The van der Waals surface area contributed by atoms with Crippen molar-refractivity contribution in [2.75, 3.05) is 33.0 Å². The Morgan fingerprint density at radius 2 is 1.82 bits per heavy atom. The number of carboxylic acid groups (broad SMARTS) is 1. The van der Waals surface area contributed by atoms with Crippen LogP contribution in [0.1, 0.15) is 18.4 Å². The Morgan fingerprint density at radius 1 is 1.18 bits per heavy atom. The van der Waals surface area contributed by atoms with Crippen LogP contribution in [0.2, 0.25) is 0 Å². The molecule has 0 unspecified atom stereocenters. The van der Waals surface area contributed by atoms with E-state index in [0.29, 0.717) is 26.4 Å². The number of rotatable bonds is 4. The van der Waals surface area contributed by atoms with Crippen LogP contribution in [0.15, 0.2) is 24.5 Å². The monoisotopic (exact) mass is 390 g/mol. The van der Waals surface area contributed by atoms with Crippen LogP contribution in [0.5, 0.6) is 11.5 Å². The van der Waals surface area contributed by atoms with Gasteiger partial charge in [-0.15, -0.1) is 0 Å². The van der Waals surface area contributed by atoms with Crippen molar-refractivity contribution >= 4 is 6.47 Å². The third kappa shape index (κ3) is 4.28. The first-order valence-corrected chi connectivity index (χ1v) is 9.31. The van der Waals surface area contributed by atoms with E-state index in [1.165, 1.54) is 0 Å². The molecule has 2 aliphatic rings. The maximum Gasteiger partial charge on any atom is 0.290 e. The number of aliphatic hydroxyl groups is 1. The Labute approximate surface area is 163 Å². The predicted molar refractivity (Wildman–Crippen MR) is 102 cm³/mol. The van der Waals surface area contributed by atoms with Gasteiger partial charge in [0.2, 0.25) is 0 Å². The number of carbonyl (C=O) groups is 1. The maximum absolute atomic E-state index is 9.99.